The number of rotatable bonds is 5. The third kappa shape index (κ3) is 3.59. The number of benzene rings is 2. The standard InChI is InChI=1S/C19H18BrNO5/c1-25-14-9-7-13(8-10-14)17(22)16(20)18(23)21-15(11-26-19(21)24)12-5-3-2-4-6-12/h2-10,15-17,22H,11H2,1H3/t15-,16+,17+/m1/s1. The van der Waals surface area contributed by atoms with Crippen molar-refractivity contribution in [3.05, 3.63) is 65.7 Å². The lowest BCUT2D eigenvalue weighted by molar-refractivity contribution is -0.130. The van der Waals surface area contributed by atoms with Gasteiger partial charge in [-0.1, -0.05) is 58.4 Å². The van der Waals surface area contributed by atoms with Crippen molar-refractivity contribution in [2.75, 3.05) is 13.7 Å². The Hall–Kier alpha value is -2.38. The Bertz CT molecular complexity index is 780. The first-order valence-electron chi connectivity index (χ1n) is 8.03. The maximum atomic E-state index is 12.9. The molecule has 6 nitrogen and oxygen atoms in total. The van der Waals surface area contributed by atoms with Crippen LogP contribution in [-0.2, 0) is 9.53 Å². The molecule has 2 amide bonds. The van der Waals surface area contributed by atoms with Gasteiger partial charge in [0.2, 0.25) is 5.91 Å². The summed E-state index contributed by atoms with van der Waals surface area (Å²) in [5.74, 6) is 0.0929. The largest absolute Gasteiger partial charge is 0.497 e. The number of aliphatic hydroxyl groups is 1. The van der Waals surface area contributed by atoms with Gasteiger partial charge >= 0.3 is 6.09 Å². The Kier molecular flexibility index (Phi) is 5.58. The Labute approximate surface area is 159 Å². The van der Waals surface area contributed by atoms with E-state index in [2.05, 4.69) is 15.9 Å². The molecular weight excluding hydrogens is 402 g/mol. The molecule has 1 aliphatic heterocycles. The molecule has 1 heterocycles. The zero-order valence-corrected chi connectivity index (χ0v) is 15.6. The van der Waals surface area contributed by atoms with E-state index in [0.717, 1.165) is 10.5 Å². The normalized spacial score (nSPS) is 19.0. The number of hydrogen-bond donors (Lipinski definition) is 1. The second-order valence-corrected chi connectivity index (χ2v) is 6.82. The van der Waals surface area contributed by atoms with Gasteiger partial charge in [-0.3, -0.25) is 4.79 Å². The molecule has 1 saturated heterocycles. The molecule has 1 N–H and O–H groups in total. The molecule has 2 aromatic rings. The number of nitrogens with zero attached hydrogens (tertiary/aromatic N) is 1. The summed E-state index contributed by atoms with van der Waals surface area (Å²) in [6.07, 6.45) is -1.84. The number of cyclic esters (lactones) is 1. The van der Waals surface area contributed by atoms with Crippen molar-refractivity contribution < 1.29 is 24.2 Å². The smallest absolute Gasteiger partial charge is 0.417 e. The number of amides is 2. The second kappa shape index (κ2) is 7.88. The molecule has 2 aromatic carbocycles. The van der Waals surface area contributed by atoms with Crippen molar-refractivity contribution >= 4 is 27.9 Å². The Morgan fingerprint density at radius 1 is 1.23 bits per heavy atom. The van der Waals surface area contributed by atoms with Crippen molar-refractivity contribution in [3.63, 3.8) is 0 Å². The lowest BCUT2D eigenvalue weighted by atomic mass is 10.0. The van der Waals surface area contributed by atoms with Crippen molar-refractivity contribution in [2.24, 2.45) is 0 Å². The van der Waals surface area contributed by atoms with Gasteiger partial charge in [-0.05, 0) is 23.3 Å². The van der Waals surface area contributed by atoms with Crippen molar-refractivity contribution in [1.82, 2.24) is 4.90 Å². The van der Waals surface area contributed by atoms with Gasteiger partial charge in [0.05, 0.1) is 7.11 Å². The number of carbonyl (C=O) groups is 2. The van der Waals surface area contributed by atoms with E-state index in [1.165, 1.54) is 0 Å². The summed E-state index contributed by atoms with van der Waals surface area (Å²) >= 11 is 3.24. The minimum atomic E-state index is -1.13. The van der Waals surface area contributed by atoms with E-state index in [-0.39, 0.29) is 6.61 Å². The molecule has 0 spiro atoms. The van der Waals surface area contributed by atoms with E-state index in [9.17, 15) is 14.7 Å². The molecule has 26 heavy (non-hydrogen) atoms. The first-order valence-corrected chi connectivity index (χ1v) is 8.95. The van der Waals surface area contributed by atoms with Crippen molar-refractivity contribution in [2.45, 2.75) is 17.0 Å². The van der Waals surface area contributed by atoms with Gasteiger partial charge < -0.3 is 14.6 Å². The maximum Gasteiger partial charge on any atom is 0.417 e. The van der Waals surface area contributed by atoms with E-state index in [4.69, 9.17) is 9.47 Å². The summed E-state index contributed by atoms with van der Waals surface area (Å²) in [5, 5.41) is 10.5. The van der Waals surface area contributed by atoms with E-state index < -0.39 is 29.0 Å². The molecular formula is C19H18BrNO5. The third-order valence-corrected chi connectivity index (χ3v) is 5.16. The molecule has 7 heteroatoms. The van der Waals surface area contributed by atoms with Crippen LogP contribution >= 0.6 is 15.9 Å². The summed E-state index contributed by atoms with van der Waals surface area (Å²) in [4.78, 5) is 25.0. The van der Waals surface area contributed by atoms with Crippen LogP contribution in [0.2, 0.25) is 0 Å². The van der Waals surface area contributed by atoms with Crippen LogP contribution in [0.15, 0.2) is 54.6 Å². The molecule has 0 bridgehead atoms. The SMILES string of the molecule is COc1ccc([C@H](O)[C@H](Br)C(=O)N2C(=O)OC[C@@H]2c2ccccc2)cc1. The zero-order valence-electron chi connectivity index (χ0n) is 14.0. The Morgan fingerprint density at radius 3 is 2.50 bits per heavy atom. The van der Waals surface area contributed by atoms with Crippen LogP contribution in [0.4, 0.5) is 4.79 Å². The van der Waals surface area contributed by atoms with Gasteiger partial charge in [0.25, 0.3) is 0 Å². The van der Waals surface area contributed by atoms with Gasteiger partial charge in [-0.2, -0.15) is 0 Å². The van der Waals surface area contributed by atoms with Crippen LogP contribution in [0.25, 0.3) is 0 Å². The van der Waals surface area contributed by atoms with E-state index in [0.29, 0.717) is 11.3 Å². The average molecular weight is 420 g/mol. The lowest BCUT2D eigenvalue weighted by Gasteiger charge is -2.25. The first-order chi connectivity index (χ1) is 12.5. The molecule has 1 aliphatic rings. The zero-order chi connectivity index (χ0) is 18.7. The number of alkyl halides is 1. The van der Waals surface area contributed by atoms with Gasteiger partial charge in [0, 0.05) is 0 Å². The van der Waals surface area contributed by atoms with E-state index in [1.807, 2.05) is 30.3 Å². The number of aliphatic hydroxyl groups excluding tert-OH is 1. The lowest BCUT2D eigenvalue weighted by Crippen LogP contribution is -2.41. The van der Waals surface area contributed by atoms with Gasteiger partial charge in [-0.25, -0.2) is 9.69 Å². The number of carbonyl (C=O) groups excluding carboxylic acids is 2. The average Bonchev–Trinajstić information content (AvgIpc) is 3.08. The number of imide groups is 1. The highest BCUT2D eigenvalue weighted by Crippen LogP contribution is 2.32. The third-order valence-electron chi connectivity index (χ3n) is 4.27. The first kappa shape index (κ1) is 18.4. The molecule has 0 aromatic heterocycles. The van der Waals surface area contributed by atoms with Crippen molar-refractivity contribution in [1.29, 1.82) is 0 Å². The van der Waals surface area contributed by atoms with Gasteiger partial charge in [-0.15, -0.1) is 0 Å². The summed E-state index contributed by atoms with van der Waals surface area (Å²) in [6, 6.07) is 15.4. The molecule has 0 radical (unpaired) electrons. The number of methoxy groups -OCH3 is 1. The summed E-state index contributed by atoms with van der Waals surface area (Å²) < 4.78 is 10.2. The fourth-order valence-electron chi connectivity index (χ4n) is 2.82. The summed E-state index contributed by atoms with van der Waals surface area (Å²) in [5.41, 5.74) is 1.33. The minimum absolute atomic E-state index is 0.0902. The van der Waals surface area contributed by atoms with Crippen LogP contribution in [-0.4, -0.2) is 40.6 Å². The highest BCUT2D eigenvalue weighted by molar-refractivity contribution is 9.10. The molecule has 3 rings (SSSR count). The highest BCUT2D eigenvalue weighted by atomic mass is 79.9. The molecule has 136 valence electrons. The van der Waals surface area contributed by atoms with Crippen LogP contribution in [0.1, 0.15) is 23.3 Å². The number of ether oxygens (including phenoxy) is 2. The fraction of sp³-hybridized carbons (Fsp3) is 0.263. The predicted molar refractivity (Wildman–Crippen MR) is 98.0 cm³/mol. The van der Waals surface area contributed by atoms with E-state index >= 15 is 0 Å². The number of halogens is 1. The van der Waals surface area contributed by atoms with Crippen LogP contribution in [0.3, 0.4) is 0 Å². The summed E-state index contributed by atoms with van der Waals surface area (Å²) in [6.45, 7) is 0.0902. The fourth-order valence-corrected chi connectivity index (χ4v) is 3.35. The quantitative estimate of drug-likeness (QED) is 0.752. The Morgan fingerprint density at radius 2 is 1.88 bits per heavy atom. The van der Waals surface area contributed by atoms with Crippen molar-refractivity contribution in [3.8, 4) is 5.75 Å². The molecule has 0 unspecified atom stereocenters. The monoisotopic (exact) mass is 419 g/mol. The van der Waals surface area contributed by atoms with Crippen LogP contribution in [0.5, 0.6) is 5.75 Å². The van der Waals surface area contributed by atoms with Gasteiger partial charge in [0.15, 0.2) is 0 Å². The van der Waals surface area contributed by atoms with E-state index in [1.54, 1.807) is 31.4 Å². The van der Waals surface area contributed by atoms with Crippen LogP contribution in [0, 0.1) is 0 Å². The highest BCUT2D eigenvalue weighted by Gasteiger charge is 2.42. The van der Waals surface area contributed by atoms with Crippen LogP contribution < -0.4 is 4.74 Å². The number of hydrogen-bond acceptors (Lipinski definition) is 5. The second-order valence-electron chi connectivity index (χ2n) is 5.83. The molecule has 1 fully saturated rings. The topological polar surface area (TPSA) is 76.1 Å². The van der Waals surface area contributed by atoms with Gasteiger partial charge in [0.1, 0.15) is 29.3 Å². The summed E-state index contributed by atoms with van der Waals surface area (Å²) in [7, 11) is 1.55. The molecule has 3 atom stereocenters. The minimum Gasteiger partial charge on any atom is -0.497 e. The molecule has 0 aliphatic carbocycles. The maximum absolute atomic E-state index is 12.9. The Balaban J connectivity index is 1.80. The molecule has 0 saturated carbocycles. The predicted octanol–water partition coefficient (Wildman–Crippen LogP) is 3.21.